The molecule has 0 bridgehead atoms. The number of hydrogen-bond acceptors (Lipinski definition) is 2. The van der Waals surface area contributed by atoms with Crippen LogP contribution in [0.25, 0.3) is 5.00 Å². The van der Waals surface area contributed by atoms with Crippen molar-refractivity contribution in [2.75, 3.05) is 5.32 Å². The molecule has 0 saturated carbocycles. The van der Waals surface area contributed by atoms with Crippen molar-refractivity contribution in [2.24, 2.45) is 0 Å². The van der Waals surface area contributed by atoms with Gasteiger partial charge in [-0.25, -0.2) is 0 Å². The van der Waals surface area contributed by atoms with Crippen molar-refractivity contribution in [2.45, 2.75) is 13.8 Å². The number of aryl methyl sites for hydroxylation is 1. The van der Waals surface area contributed by atoms with Crippen molar-refractivity contribution in [3.8, 4) is 17.3 Å². The predicted molar refractivity (Wildman–Crippen MR) is 95.5 cm³/mol. The zero-order chi connectivity index (χ0) is 16.4. The van der Waals surface area contributed by atoms with Crippen molar-refractivity contribution in [1.29, 1.82) is 0 Å². The van der Waals surface area contributed by atoms with Gasteiger partial charge in [0.25, 0.3) is 5.91 Å². The lowest BCUT2D eigenvalue weighted by Crippen LogP contribution is -2.14. The Bertz CT molecular complexity index is 898. The van der Waals surface area contributed by atoms with Gasteiger partial charge in [-0.1, -0.05) is 12.0 Å². The summed E-state index contributed by atoms with van der Waals surface area (Å²) >= 11 is 1.62. The number of carbonyl (C=O) groups excluding carboxylic acids is 1. The van der Waals surface area contributed by atoms with E-state index in [1.54, 1.807) is 17.4 Å². The van der Waals surface area contributed by atoms with Gasteiger partial charge >= 0.3 is 0 Å². The van der Waals surface area contributed by atoms with Gasteiger partial charge < -0.3 is 9.88 Å². The Balaban J connectivity index is 1.98. The first-order chi connectivity index (χ1) is 11.1. The summed E-state index contributed by atoms with van der Waals surface area (Å²) in [5, 5.41) is 3.87. The third-order valence-corrected chi connectivity index (χ3v) is 4.94. The molecule has 0 saturated heterocycles. The third kappa shape index (κ3) is 2.92. The van der Waals surface area contributed by atoms with Crippen LogP contribution in [0.5, 0.6) is 0 Å². The van der Waals surface area contributed by atoms with Crippen LogP contribution in [-0.2, 0) is 0 Å². The first kappa shape index (κ1) is 15.1. The zero-order valence-electron chi connectivity index (χ0n) is 13.0. The lowest BCUT2D eigenvalue weighted by molar-refractivity contribution is 0.102. The topological polar surface area (TPSA) is 34.0 Å². The van der Waals surface area contributed by atoms with Gasteiger partial charge in [-0.2, -0.15) is 0 Å². The Kier molecular flexibility index (Phi) is 4.05. The van der Waals surface area contributed by atoms with Crippen molar-refractivity contribution in [3.63, 3.8) is 0 Å². The summed E-state index contributed by atoms with van der Waals surface area (Å²) in [5.41, 5.74) is 3.15. The number of carbonyl (C=O) groups is 1. The number of amides is 1. The van der Waals surface area contributed by atoms with Crippen LogP contribution in [0.1, 0.15) is 26.4 Å². The minimum Gasteiger partial charge on any atom is -0.322 e. The van der Waals surface area contributed by atoms with E-state index in [9.17, 15) is 4.79 Å². The van der Waals surface area contributed by atoms with Gasteiger partial charge in [-0.15, -0.1) is 17.8 Å². The monoisotopic (exact) mass is 320 g/mol. The smallest absolute Gasteiger partial charge is 0.258 e. The number of rotatable bonds is 3. The number of benzene rings is 1. The Morgan fingerprint density at radius 1 is 1.22 bits per heavy atom. The minimum absolute atomic E-state index is 0.121. The maximum atomic E-state index is 12.8. The Labute approximate surface area is 139 Å². The molecule has 0 aliphatic carbocycles. The van der Waals surface area contributed by atoms with E-state index in [4.69, 9.17) is 6.42 Å². The van der Waals surface area contributed by atoms with Crippen LogP contribution in [0, 0.1) is 26.2 Å². The van der Waals surface area contributed by atoms with Crippen LogP contribution in [0.15, 0.2) is 48.8 Å². The SMILES string of the molecule is C#Cc1cccc(NC(=O)c2c(-n3cccc3)sc(C)c2C)c1. The van der Waals surface area contributed by atoms with Gasteiger partial charge in [0.1, 0.15) is 5.00 Å². The van der Waals surface area contributed by atoms with E-state index in [1.165, 1.54) is 0 Å². The number of thiophene rings is 1. The zero-order valence-corrected chi connectivity index (χ0v) is 13.8. The highest BCUT2D eigenvalue weighted by Gasteiger charge is 2.20. The molecule has 1 aromatic carbocycles. The number of nitrogens with zero attached hydrogens (tertiary/aromatic N) is 1. The summed E-state index contributed by atoms with van der Waals surface area (Å²) in [6.07, 6.45) is 9.30. The molecule has 2 heterocycles. The molecule has 0 fully saturated rings. The third-order valence-electron chi connectivity index (χ3n) is 3.72. The second-order valence-corrected chi connectivity index (χ2v) is 6.44. The molecule has 2 aromatic heterocycles. The predicted octanol–water partition coefficient (Wildman–Crippen LogP) is 4.39. The Morgan fingerprint density at radius 2 is 1.96 bits per heavy atom. The van der Waals surface area contributed by atoms with Gasteiger partial charge in [0.15, 0.2) is 0 Å². The molecule has 0 unspecified atom stereocenters. The minimum atomic E-state index is -0.121. The van der Waals surface area contributed by atoms with Crippen LogP contribution in [0.2, 0.25) is 0 Å². The Morgan fingerprint density at radius 3 is 2.65 bits per heavy atom. The average molecular weight is 320 g/mol. The number of aromatic nitrogens is 1. The van der Waals surface area contributed by atoms with E-state index in [-0.39, 0.29) is 5.91 Å². The molecule has 1 N–H and O–H groups in total. The second-order valence-electron chi connectivity index (χ2n) is 5.23. The summed E-state index contributed by atoms with van der Waals surface area (Å²) in [4.78, 5) is 13.9. The summed E-state index contributed by atoms with van der Waals surface area (Å²) in [7, 11) is 0. The number of terminal acetylenes is 1. The van der Waals surface area contributed by atoms with E-state index in [2.05, 4.69) is 11.2 Å². The standard InChI is InChI=1S/C19H16N2OS/c1-4-15-8-7-9-16(12-15)20-18(22)17-13(2)14(3)23-19(17)21-10-5-6-11-21/h1,5-12H,2-3H3,(H,20,22). The fourth-order valence-electron chi connectivity index (χ4n) is 2.41. The van der Waals surface area contributed by atoms with Crippen molar-refractivity contribution < 1.29 is 4.79 Å². The quantitative estimate of drug-likeness (QED) is 0.714. The highest BCUT2D eigenvalue weighted by atomic mass is 32.1. The first-order valence-electron chi connectivity index (χ1n) is 7.21. The van der Waals surface area contributed by atoms with Crippen molar-refractivity contribution in [1.82, 2.24) is 4.57 Å². The fraction of sp³-hybridized carbons (Fsp3) is 0.105. The fourth-order valence-corrected chi connectivity index (χ4v) is 3.53. The molecule has 0 aliphatic rings. The maximum absolute atomic E-state index is 12.8. The molecule has 114 valence electrons. The van der Waals surface area contributed by atoms with E-state index >= 15 is 0 Å². The normalized spacial score (nSPS) is 10.3. The van der Waals surface area contributed by atoms with Crippen molar-refractivity contribution >= 4 is 22.9 Å². The highest BCUT2D eigenvalue weighted by molar-refractivity contribution is 7.15. The molecule has 0 spiro atoms. The molecule has 0 atom stereocenters. The van der Waals surface area contributed by atoms with Gasteiger partial charge in [0.2, 0.25) is 0 Å². The summed E-state index contributed by atoms with van der Waals surface area (Å²) in [6.45, 7) is 4.01. The highest BCUT2D eigenvalue weighted by Crippen LogP contribution is 2.31. The number of anilines is 1. The lowest BCUT2D eigenvalue weighted by Gasteiger charge is -2.09. The molecule has 4 heteroatoms. The van der Waals surface area contributed by atoms with Crippen LogP contribution in [0.3, 0.4) is 0 Å². The van der Waals surface area contributed by atoms with Crippen LogP contribution in [-0.4, -0.2) is 10.5 Å². The van der Waals surface area contributed by atoms with E-state index in [1.807, 2.05) is 61.1 Å². The van der Waals surface area contributed by atoms with Gasteiger partial charge in [-0.05, 0) is 49.7 Å². The van der Waals surface area contributed by atoms with Gasteiger partial charge in [-0.3, -0.25) is 4.79 Å². The van der Waals surface area contributed by atoms with Crippen molar-refractivity contribution in [3.05, 3.63) is 70.4 Å². The maximum Gasteiger partial charge on any atom is 0.258 e. The average Bonchev–Trinajstić information content (AvgIpc) is 3.16. The molecule has 3 nitrogen and oxygen atoms in total. The van der Waals surface area contributed by atoms with Crippen LogP contribution >= 0.6 is 11.3 Å². The van der Waals surface area contributed by atoms with Crippen LogP contribution < -0.4 is 5.32 Å². The lowest BCUT2D eigenvalue weighted by atomic mass is 10.1. The molecule has 0 aliphatic heterocycles. The van der Waals surface area contributed by atoms with Gasteiger partial charge in [0.05, 0.1) is 5.56 Å². The number of hydrogen-bond donors (Lipinski definition) is 1. The molecular weight excluding hydrogens is 304 g/mol. The largest absolute Gasteiger partial charge is 0.322 e. The molecule has 3 rings (SSSR count). The molecule has 0 radical (unpaired) electrons. The van der Waals surface area contributed by atoms with E-state index < -0.39 is 0 Å². The molecular formula is C19H16N2OS. The molecule has 1 amide bonds. The van der Waals surface area contributed by atoms with E-state index in [0.717, 1.165) is 21.0 Å². The van der Waals surface area contributed by atoms with Crippen LogP contribution in [0.4, 0.5) is 5.69 Å². The summed E-state index contributed by atoms with van der Waals surface area (Å²) in [6, 6.07) is 11.2. The summed E-state index contributed by atoms with van der Waals surface area (Å²) in [5.74, 6) is 2.46. The second kappa shape index (κ2) is 6.15. The number of nitrogens with one attached hydrogen (secondary N) is 1. The van der Waals surface area contributed by atoms with Gasteiger partial charge in [0, 0.05) is 28.5 Å². The Hall–Kier alpha value is -2.77. The molecule has 23 heavy (non-hydrogen) atoms. The first-order valence-corrected chi connectivity index (χ1v) is 8.03. The summed E-state index contributed by atoms with van der Waals surface area (Å²) < 4.78 is 1.97. The van der Waals surface area contributed by atoms with E-state index in [0.29, 0.717) is 11.3 Å². The molecule has 3 aromatic rings.